The summed E-state index contributed by atoms with van der Waals surface area (Å²) in [6.07, 6.45) is 1.47. The molecule has 5 heteroatoms. The van der Waals surface area contributed by atoms with Gasteiger partial charge in [-0.05, 0) is 27.7 Å². The zero-order valence-electron chi connectivity index (χ0n) is 10.2. The molecule has 0 aliphatic rings. The second-order valence-corrected chi connectivity index (χ2v) is 4.72. The van der Waals surface area contributed by atoms with Gasteiger partial charge in [0.25, 0.3) is 0 Å². The van der Waals surface area contributed by atoms with Crippen molar-refractivity contribution >= 4 is 17.4 Å². The van der Waals surface area contributed by atoms with Crippen LogP contribution in [0.2, 0.25) is 0 Å². The Kier molecular flexibility index (Phi) is 3.82. The molecule has 88 valence electrons. The number of hydrogen-bond donors (Lipinski definition) is 2. The van der Waals surface area contributed by atoms with E-state index in [2.05, 4.69) is 41.4 Å². The lowest BCUT2D eigenvalue weighted by atomic mass is 10.1. The van der Waals surface area contributed by atoms with Crippen molar-refractivity contribution in [2.45, 2.75) is 33.2 Å². The minimum atomic E-state index is -0.0494. The molecule has 1 aromatic rings. The highest BCUT2D eigenvalue weighted by Crippen LogP contribution is 2.13. The summed E-state index contributed by atoms with van der Waals surface area (Å²) in [5, 5.41) is 6.16. The van der Waals surface area contributed by atoms with Gasteiger partial charge in [-0.1, -0.05) is 0 Å². The minimum absolute atomic E-state index is 0.0494. The van der Waals surface area contributed by atoms with Crippen molar-refractivity contribution in [1.29, 1.82) is 0 Å². The lowest BCUT2D eigenvalue weighted by Gasteiger charge is -2.21. The van der Waals surface area contributed by atoms with Crippen LogP contribution in [-0.2, 0) is 4.79 Å². The highest BCUT2D eigenvalue weighted by atomic mass is 16.1. The largest absolute Gasteiger partial charge is 0.365 e. The van der Waals surface area contributed by atoms with Crippen LogP contribution in [0.4, 0.5) is 11.6 Å². The predicted molar refractivity (Wildman–Crippen MR) is 64.6 cm³/mol. The van der Waals surface area contributed by atoms with Crippen LogP contribution < -0.4 is 10.6 Å². The molecule has 0 aliphatic heterocycles. The lowest BCUT2D eigenvalue weighted by Crippen LogP contribution is -2.26. The summed E-state index contributed by atoms with van der Waals surface area (Å²) in [5.74, 6) is 1.47. The van der Waals surface area contributed by atoms with Gasteiger partial charge in [0.2, 0.25) is 0 Å². The summed E-state index contributed by atoms with van der Waals surface area (Å²) in [6.45, 7) is 7.97. The molecule has 2 N–H and O–H groups in total. The summed E-state index contributed by atoms with van der Waals surface area (Å²) in [6, 6.07) is 1.79. The van der Waals surface area contributed by atoms with E-state index in [1.54, 1.807) is 6.07 Å². The summed E-state index contributed by atoms with van der Waals surface area (Å²) < 4.78 is 0. The van der Waals surface area contributed by atoms with Crippen LogP contribution in [0.1, 0.15) is 27.7 Å². The second-order valence-electron chi connectivity index (χ2n) is 4.72. The van der Waals surface area contributed by atoms with Crippen molar-refractivity contribution in [1.82, 2.24) is 9.97 Å². The number of carbonyl (C=O) groups is 1. The van der Waals surface area contributed by atoms with E-state index in [1.807, 2.05) is 0 Å². The molecule has 0 atom stereocenters. The Morgan fingerprint density at radius 2 is 1.94 bits per heavy atom. The number of aromatic nitrogens is 2. The van der Waals surface area contributed by atoms with Crippen molar-refractivity contribution < 1.29 is 4.79 Å². The summed E-state index contributed by atoms with van der Waals surface area (Å²) >= 11 is 0. The number of anilines is 2. The molecule has 0 aromatic carbocycles. The SMILES string of the molecule is CC(=O)CNc1cc(NC(C)(C)C)ncn1. The molecule has 0 amide bonds. The molecule has 0 unspecified atom stereocenters. The Hall–Kier alpha value is -1.65. The maximum absolute atomic E-state index is 10.8. The molecule has 0 spiro atoms. The number of nitrogens with zero attached hydrogens (tertiary/aromatic N) is 2. The zero-order chi connectivity index (χ0) is 12.2. The number of carbonyl (C=O) groups excluding carboxylic acids is 1. The second kappa shape index (κ2) is 4.92. The van der Waals surface area contributed by atoms with Gasteiger partial charge in [0.15, 0.2) is 0 Å². The molecular weight excluding hydrogens is 204 g/mol. The van der Waals surface area contributed by atoms with Crippen molar-refractivity contribution in [2.75, 3.05) is 17.2 Å². The first-order valence-corrected chi connectivity index (χ1v) is 5.20. The van der Waals surface area contributed by atoms with Crippen molar-refractivity contribution in [2.24, 2.45) is 0 Å². The highest BCUT2D eigenvalue weighted by Gasteiger charge is 2.10. The average molecular weight is 222 g/mol. The minimum Gasteiger partial charge on any atom is -0.365 e. The summed E-state index contributed by atoms with van der Waals surface area (Å²) in [5.41, 5.74) is -0.0494. The third kappa shape index (κ3) is 4.72. The maximum Gasteiger partial charge on any atom is 0.148 e. The number of ketones is 1. The van der Waals surface area contributed by atoms with E-state index in [4.69, 9.17) is 0 Å². The van der Waals surface area contributed by atoms with Gasteiger partial charge >= 0.3 is 0 Å². The Morgan fingerprint density at radius 1 is 1.31 bits per heavy atom. The lowest BCUT2D eigenvalue weighted by molar-refractivity contribution is -0.115. The number of nitrogens with one attached hydrogen (secondary N) is 2. The van der Waals surface area contributed by atoms with Crippen molar-refractivity contribution in [3.8, 4) is 0 Å². The van der Waals surface area contributed by atoms with Crippen LogP contribution in [0, 0.1) is 0 Å². The number of Topliss-reactive ketones (excluding diaryl/α,β-unsaturated/α-hetero) is 1. The van der Waals surface area contributed by atoms with E-state index in [1.165, 1.54) is 13.3 Å². The average Bonchev–Trinajstić information content (AvgIpc) is 2.12. The van der Waals surface area contributed by atoms with E-state index in [0.717, 1.165) is 5.82 Å². The van der Waals surface area contributed by atoms with Gasteiger partial charge in [-0.15, -0.1) is 0 Å². The molecule has 0 aliphatic carbocycles. The quantitative estimate of drug-likeness (QED) is 0.811. The molecule has 16 heavy (non-hydrogen) atoms. The van der Waals surface area contributed by atoms with E-state index >= 15 is 0 Å². The molecular formula is C11H18N4O. The molecule has 0 saturated carbocycles. The number of hydrogen-bond acceptors (Lipinski definition) is 5. The van der Waals surface area contributed by atoms with Gasteiger partial charge in [0.05, 0.1) is 6.54 Å². The standard InChI is InChI=1S/C11H18N4O/c1-8(16)6-12-9-5-10(14-7-13-9)15-11(2,3)4/h5,7H,6H2,1-4H3,(H2,12,13,14,15). The van der Waals surface area contributed by atoms with E-state index < -0.39 is 0 Å². The van der Waals surface area contributed by atoms with Gasteiger partial charge in [-0.25, -0.2) is 9.97 Å². The normalized spacial score (nSPS) is 11.0. The first-order valence-electron chi connectivity index (χ1n) is 5.20. The van der Waals surface area contributed by atoms with Gasteiger partial charge in [-0.2, -0.15) is 0 Å². The molecule has 1 rings (SSSR count). The Bertz CT molecular complexity index is 370. The topological polar surface area (TPSA) is 66.9 Å². The van der Waals surface area contributed by atoms with Gasteiger partial charge in [0.1, 0.15) is 23.7 Å². The molecule has 5 nitrogen and oxygen atoms in total. The Labute approximate surface area is 95.7 Å². The first kappa shape index (κ1) is 12.4. The van der Waals surface area contributed by atoms with E-state index in [-0.39, 0.29) is 17.9 Å². The van der Waals surface area contributed by atoms with E-state index in [0.29, 0.717) is 5.82 Å². The van der Waals surface area contributed by atoms with Gasteiger partial charge in [-0.3, -0.25) is 4.79 Å². The van der Waals surface area contributed by atoms with Crippen LogP contribution in [0.3, 0.4) is 0 Å². The maximum atomic E-state index is 10.8. The number of rotatable bonds is 4. The van der Waals surface area contributed by atoms with Crippen LogP contribution in [0.25, 0.3) is 0 Å². The summed E-state index contributed by atoms with van der Waals surface area (Å²) in [4.78, 5) is 18.9. The molecule has 0 saturated heterocycles. The molecule has 0 radical (unpaired) electrons. The Balaban J connectivity index is 2.67. The fourth-order valence-electron chi connectivity index (χ4n) is 1.12. The summed E-state index contributed by atoms with van der Waals surface area (Å²) in [7, 11) is 0. The fourth-order valence-corrected chi connectivity index (χ4v) is 1.12. The third-order valence-corrected chi connectivity index (χ3v) is 1.69. The van der Waals surface area contributed by atoms with Crippen molar-refractivity contribution in [3.63, 3.8) is 0 Å². The molecule has 0 bridgehead atoms. The molecule has 0 fully saturated rings. The smallest absolute Gasteiger partial charge is 0.148 e. The van der Waals surface area contributed by atoms with Gasteiger partial charge < -0.3 is 10.6 Å². The fraction of sp³-hybridized carbons (Fsp3) is 0.545. The molecule has 1 aromatic heterocycles. The zero-order valence-corrected chi connectivity index (χ0v) is 10.2. The third-order valence-electron chi connectivity index (χ3n) is 1.69. The first-order chi connectivity index (χ1) is 7.37. The Morgan fingerprint density at radius 3 is 2.50 bits per heavy atom. The van der Waals surface area contributed by atoms with Gasteiger partial charge in [0, 0.05) is 11.6 Å². The van der Waals surface area contributed by atoms with Crippen molar-refractivity contribution in [3.05, 3.63) is 12.4 Å². The van der Waals surface area contributed by atoms with Crippen LogP contribution in [-0.4, -0.2) is 27.8 Å². The van der Waals surface area contributed by atoms with Crippen LogP contribution >= 0.6 is 0 Å². The van der Waals surface area contributed by atoms with E-state index in [9.17, 15) is 4.79 Å². The highest BCUT2D eigenvalue weighted by molar-refractivity contribution is 5.80. The van der Waals surface area contributed by atoms with Crippen LogP contribution in [0.5, 0.6) is 0 Å². The van der Waals surface area contributed by atoms with Crippen LogP contribution in [0.15, 0.2) is 12.4 Å². The molecule has 1 heterocycles. The monoisotopic (exact) mass is 222 g/mol. The predicted octanol–water partition coefficient (Wildman–Crippen LogP) is 1.69.